The van der Waals surface area contributed by atoms with E-state index in [-0.39, 0.29) is 16.9 Å². The van der Waals surface area contributed by atoms with Crippen molar-refractivity contribution in [3.8, 4) is 5.75 Å². The minimum Gasteiger partial charge on any atom is -0.507 e. The van der Waals surface area contributed by atoms with Crippen molar-refractivity contribution >= 4 is 5.97 Å². The predicted molar refractivity (Wildman–Crippen MR) is 91.2 cm³/mol. The van der Waals surface area contributed by atoms with Crippen LogP contribution < -0.4 is 10.1 Å². The van der Waals surface area contributed by atoms with Crippen LogP contribution in [0.15, 0.2) is 52.9 Å². The van der Waals surface area contributed by atoms with Crippen LogP contribution in [-0.2, 0) is 4.79 Å². The van der Waals surface area contributed by atoms with Crippen molar-refractivity contribution in [3.63, 3.8) is 0 Å². The topological polar surface area (TPSA) is 58.6 Å². The highest BCUT2D eigenvalue weighted by Gasteiger charge is 2.24. The number of para-hydroxylation sites is 1. The molecule has 0 fully saturated rings. The van der Waals surface area contributed by atoms with Gasteiger partial charge in [-0.3, -0.25) is 0 Å². The number of carbonyl (C=O) groups is 1. The van der Waals surface area contributed by atoms with Crippen LogP contribution in [0.2, 0.25) is 0 Å². The molecule has 1 aliphatic carbocycles. The van der Waals surface area contributed by atoms with Gasteiger partial charge in [0.05, 0.1) is 5.57 Å². The molecule has 0 unspecified atom stereocenters. The van der Waals surface area contributed by atoms with Gasteiger partial charge in [-0.25, -0.2) is 4.79 Å². The maximum Gasteiger partial charge on any atom is 0.342 e. The number of allylic oxidation sites excluding steroid dienone is 2. The zero-order chi connectivity index (χ0) is 17.0. The summed E-state index contributed by atoms with van der Waals surface area (Å²) in [6.45, 7) is 7.83. The normalized spacial score (nSPS) is 16.2. The van der Waals surface area contributed by atoms with Gasteiger partial charge >= 0.3 is 5.97 Å². The Morgan fingerprint density at radius 1 is 1.17 bits per heavy atom. The summed E-state index contributed by atoms with van der Waals surface area (Å²) in [5, 5.41) is 13.9. The van der Waals surface area contributed by atoms with Crippen LogP contribution >= 0.6 is 0 Å². The average molecular weight is 315 g/mol. The Hall–Kier alpha value is -2.23. The Kier molecular flexibility index (Phi) is 5.14. The van der Waals surface area contributed by atoms with Crippen LogP contribution in [0.4, 0.5) is 0 Å². The number of hydrogen-bond acceptors (Lipinski definition) is 4. The molecular weight excluding hydrogens is 290 g/mol. The van der Waals surface area contributed by atoms with Gasteiger partial charge in [0.2, 0.25) is 0 Å². The first-order valence-corrected chi connectivity index (χ1v) is 7.95. The number of aliphatic hydroxyl groups is 1. The number of hydrogen-bond donors (Lipinski definition) is 2. The molecule has 0 heterocycles. The quantitative estimate of drug-likeness (QED) is 0.377. The van der Waals surface area contributed by atoms with Crippen LogP contribution in [0.5, 0.6) is 5.75 Å². The van der Waals surface area contributed by atoms with Gasteiger partial charge in [0.1, 0.15) is 11.5 Å². The summed E-state index contributed by atoms with van der Waals surface area (Å²) >= 11 is 0. The monoisotopic (exact) mass is 315 g/mol. The number of carbonyl (C=O) groups excluding carboxylic acids is 1. The average Bonchev–Trinajstić information content (AvgIpc) is 2.92. The van der Waals surface area contributed by atoms with Crippen LogP contribution in [0, 0.1) is 0 Å². The Balaban J connectivity index is 2.21. The van der Waals surface area contributed by atoms with E-state index < -0.39 is 5.97 Å². The van der Waals surface area contributed by atoms with Crippen LogP contribution in [0.3, 0.4) is 0 Å². The first kappa shape index (κ1) is 17.1. The third-order valence-corrected chi connectivity index (χ3v) is 3.64. The number of ether oxygens (including phenoxy) is 1. The minimum absolute atomic E-state index is 0.0372. The Morgan fingerprint density at radius 2 is 1.83 bits per heavy atom. The fourth-order valence-corrected chi connectivity index (χ4v) is 2.59. The molecule has 4 nitrogen and oxygen atoms in total. The summed E-state index contributed by atoms with van der Waals surface area (Å²) in [5.74, 6) is -0.0171. The first-order valence-electron chi connectivity index (χ1n) is 7.95. The van der Waals surface area contributed by atoms with Crippen molar-refractivity contribution in [2.24, 2.45) is 0 Å². The fraction of sp³-hybridized carbons (Fsp3) is 0.421. The molecule has 0 saturated carbocycles. The lowest BCUT2D eigenvalue weighted by atomic mass is 10.1. The molecule has 0 spiro atoms. The summed E-state index contributed by atoms with van der Waals surface area (Å²) in [6.07, 6.45) is 2.62. The molecule has 0 aromatic heterocycles. The molecule has 0 atom stereocenters. The van der Waals surface area contributed by atoms with Crippen LogP contribution in [0.1, 0.15) is 47.0 Å². The third kappa shape index (κ3) is 4.62. The van der Waals surface area contributed by atoms with E-state index in [4.69, 9.17) is 4.74 Å². The summed E-state index contributed by atoms with van der Waals surface area (Å²) in [4.78, 5) is 12.2. The van der Waals surface area contributed by atoms with Gasteiger partial charge in [-0.05, 0) is 59.1 Å². The van der Waals surface area contributed by atoms with Gasteiger partial charge in [0, 0.05) is 16.8 Å². The van der Waals surface area contributed by atoms with E-state index in [1.807, 2.05) is 6.07 Å². The molecule has 1 aliphatic rings. The maximum atomic E-state index is 12.2. The van der Waals surface area contributed by atoms with Gasteiger partial charge in [0.15, 0.2) is 0 Å². The molecule has 2 N–H and O–H groups in total. The molecule has 23 heavy (non-hydrogen) atoms. The zero-order valence-corrected chi connectivity index (χ0v) is 14.3. The largest absolute Gasteiger partial charge is 0.507 e. The van der Waals surface area contributed by atoms with Gasteiger partial charge in [0.25, 0.3) is 0 Å². The van der Waals surface area contributed by atoms with Crippen LogP contribution in [0.25, 0.3) is 0 Å². The smallest absolute Gasteiger partial charge is 0.342 e. The first-order chi connectivity index (χ1) is 10.8. The Labute approximate surface area is 137 Å². The molecule has 1 aromatic carbocycles. The number of benzene rings is 1. The number of esters is 1. The number of nitrogens with one attached hydrogen (secondary N) is 1. The summed E-state index contributed by atoms with van der Waals surface area (Å²) in [5.41, 5.74) is 1.99. The highest BCUT2D eigenvalue weighted by atomic mass is 16.5. The lowest BCUT2D eigenvalue weighted by Crippen LogP contribution is -2.35. The number of rotatable bonds is 4. The van der Waals surface area contributed by atoms with Gasteiger partial charge in [-0.15, -0.1) is 0 Å². The van der Waals surface area contributed by atoms with E-state index in [1.54, 1.807) is 31.2 Å². The molecule has 0 bridgehead atoms. The van der Waals surface area contributed by atoms with Crippen LogP contribution in [-0.4, -0.2) is 16.6 Å². The molecule has 124 valence electrons. The van der Waals surface area contributed by atoms with Gasteiger partial charge in [-0.1, -0.05) is 18.2 Å². The van der Waals surface area contributed by atoms with E-state index in [1.165, 1.54) is 0 Å². The van der Waals surface area contributed by atoms with Crippen molar-refractivity contribution in [3.05, 3.63) is 52.9 Å². The third-order valence-electron chi connectivity index (χ3n) is 3.64. The molecule has 2 rings (SSSR count). The Morgan fingerprint density at radius 3 is 2.43 bits per heavy atom. The molecule has 4 heteroatoms. The highest BCUT2D eigenvalue weighted by molar-refractivity contribution is 5.90. The Bertz CT molecular complexity index is 636. The predicted octanol–water partition coefficient (Wildman–Crippen LogP) is 4.25. The molecular formula is C19H25NO3. The standard InChI is InChI=1S/C19H25NO3/c1-13(18(22)23-14-9-6-5-7-10-14)17(21)15-11-8-12-16(15)20-19(2,3)4/h5-7,9-10,20-21H,8,11-12H2,1-4H3/b17-13-. The van der Waals surface area contributed by atoms with E-state index in [9.17, 15) is 9.90 Å². The molecule has 0 radical (unpaired) electrons. The summed E-state index contributed by atoms with van der Waals surface area (Å²) < 4.78 is 5.29. The molecule has 0 aliphatic heterocycles. The lowest BCUT2D eigenvalue weighted by Gasteiger charge is -2.24. The van der Waals surface area contributed by atoms with Crippen molar-refractivity contribution < 1.29 is 14.6 Å². The minimum atomic E-state index is -0.525. The van der Waals surface area contributed by atoms with E-state index in [0.29, 0.717) is 5.75 Å². The summed E-state index contributed by atoms with van der Waals surface area (Å²) in [7, 11) is 0. The maximum absolute atomic E-state index is 12.2. The van der Waals surface area contributed by atoms with Crippen molar-refractivity contribution in [2.45, 2.75) is 52.5 Å². The van der Waals surface area contributed by atoms with E-state index >= 15 is 0 Å². The lowest BCUT2D eigenvalue weighted by molar-refractivity contribution is -0.130. The second kappa shape index (κ2) is 6.90. The zero-order valence-electron chi connectivity index (χ0n) is 14.3. The van der Waals surface area contributed by atoms with Gasteiger partial charge < -0.3 is 15.2 Å². The van der Waals surface area contributed by atoms with Crippen molar-refractivity contribution in [1.82, 2.24) is 5.32 Å². The summed E-state index contributed by atoms with van der Waals surface area (Å²) in [6, 6.07) is 8.87. The molecule has 0 amide bonds. The van der Waals surface area contributed by atoms with Crippen molar-refractivity contribution in [2.75, 3.05) is 0 Å². The van der Waals surface area contributed by atoms with Crippen molar-refractivity contribution in [1.29, 1.82) is 0 Å². The molecule has 0 saturated heterocycles. The SMILES string of the molecule is C/C(C(=O)Oc1ccccc1)=C(/O)C1=C(NC(C)(C)C)CCC1. The molecule has 1 aromatic rings. The van der Waals surface area contributed by atoms with Gasteiger partial charge in [-0.2, -0.15) is 0 Å². The van der Waals surface area contributed by atoms with E-state index in [2.05, 4.69) is 26.1 Å². The number of aliphatic hydroxyl groups excluding tert-OH is 1. The second-order valence-electron chi connectivity index (χ2n) is 6.86. The second-order valence-corrected chi connectivity index (χ2v) is 6.86. The highest BCUT2D eigenvalue weighted by Crippen LogP contribution is 2.31. The fourth-order valence-electron chi connectivity index (χ4n) is 2.59. The van der Waals surface area contributed by atoms with E-state index in [0.717, 1.165) is 30.5 Å².